The van der Waals surface area contributed by atoms with Gasteiger partial charge in [-0.15, -0.1) is 0 Å². The van der Waals surface area contributed by atoms with Crippen molar-refractivity contribution in [2.24, 2.45) is 0 Å². The lowest BCUT2D eigenvalue weighted by atomic mass is 9.95. The third-order valence-electron chi connectivity index (χ3n) is 3.63. The average Bonchev–Trinajstić information content (AvgIpc) is 2.99. The Labute approximate surface area is 99.7 Å². The van der Waals surface area contributed by atoms with Crippen molar-refractivity contribution < 1.29 is 4.42 Å². The van der Waals surface area contributed by atoms with Crippen LogP contribution in [0.4, 0.5) is 0 Å². The van der Waals surface area contributed by atoms with E-state index in [9.17, 15) is 4.79 Å². The lowest BCUT2D eigenvalue weighted by Crippen LogP contribution is -2.22. The van der Waals surface area contributed by atoms with E-state index in [4.69, 9.17) is 4.42 Å². The minimum Gasteiger partial charge on any atom is -0.416 e. The summed E-state index contributed by atoms with van der Waals surface area (Å²) in [5, 5.41) is 0. The second-order valence-electron chi connectivity index (χ2n) is 4.94. The SMILES string of the molecule is Cc1ccc(C2(Cn3ccoc3=O)CC2)cc1. The molecule has 0 N–H and O–H groups in total. The molecule has 1 saturated carbocycles. The van der Waals surface area contributed by atoms with Crippen LogP contribution in [0.1, 0.15) is 24.0 Å². The lowest BCUT2D eigenvalue weighted by Gasteiger charge is -2.15. The molecule has 88 valence electrons. The Balaban J connectivity index is 1.90. The summed E-state index contributed by atoms with van der Waals surface area (Å²) in [6, 6.07) is 8.61. The molecule has 3 nitrogen and oxygen atoms in total. The molecule has 1 heterocycles. The number of nitrogens with zero attached hydrogens (tertiary/aromatic N) is 1. The fourth-order valence-corrected chi connectivity index (χ4v) is 2.33. The molecule has 0 atom stereocenters. The van der Waals surface area contributed by atoms with E-state index >= 15 is 0 Å². The molecule has 1 fully saturated rings. The van der Waals surface area contributed by atoms with Gasteiger partial charge in [0.15, 0.2) is 0 Å². The van der Waals surface area contributed by atoms with Crippen molar-refractivity contribution in [3.63, 3.8) is 0 Å². The van der Waals surface area contributed by atoms with Crippen LogP contribution in [0.3, 0.4) is 0 Å². The van der Waals surface area contributed by atoms with Crippen molar-refractivity contribution in [2.45, 2.75) is 31.7 Å². The van der Waals surface area contributed by atoms with Gasteiger partial charge in [0.05, 0.1) is 0 Å². The third kappa shape index (κ3) is 1.82. The van der Waals surface area contributed by atoms with E-state index in [0.717, 1.165) is 19.4 Å². The predicted octanol–water partition coefficient (Wildman–Crippen LogP) is 2.48. The maximum absolute atomic E-state index is 11.4. The molecule has 2 aromatic rings. The van der Waals surface area contributed by atoms with Crippen LogP contribution in [0.2, 0.25) is 0 Å². The highest BCUT2D eigenvalue weighted by Gasteiger charge is 2.44. The van der Waals surface area contributed by atoms with Gasteiger partial charge in [-0.2, -0.15) is 0 Å². The van der Waals surface area contributed by atoms with Crippen LogP contribution in [-0.4, -0.2) is 4.57 Å². The molecule has 1 aromatic carbocycles. The van der Waals surface area contributed by atoms with Crippen LogP contribution in [0.15, 0.2) is 45.9 Å². The first-order valence-electron chi connectivity index (χ1n) is 5.91. The van der Waals surface area contributed by atoms with Crippen molar-refractivity contribution in [2.75, 3.05) is 0 Å². The first kappa shape index (κ1) is 10.4. The molecule has 0 bridgehead atoms. The highest BCUT2D eigenvalue weighted by molar-refractivity contribution is 5.33. The molecule has 0 unspecified atom stereocenters. The zero-order chi connectivity index (χ0) is 11.9. The topological polar surface area (TPSA) is 35.1 Å². The van der Waals surface area contributed by atoms with Gasteiger partial charge in [0.25, 0.3) is 0 Å². The fourth-order valence-electron chi connectivity index (χ4n) is 2.33. The number of aryl methyl sites for hydroxylation is 1. The molecule has 17 heavy (non-hydrogen) atoms. The first-order chi connectivity index (χ1) is 8.20. The Morgan fingerprint density at radius 2 is 2.00 bits per heavy atom. The molecular formula is C14H15NO2. The van der Waals surface area contributed by atoms with Crippen LogP contribution in [0.5, 0.6) is 0 Å². The summed E-state index contributed by atoms with van der Waals surface area (Å²) in [6.45, 7) is 2.81. The standard InChI is InChI=1S/C14H15NO2/c1-11-2-4-12(5-3-11)14(6-7-14)10-15-8-9-17-13(15)16/h2-5,8-9H,6-7,10H2,1H3. The first-order valence-corrected chi connectivity index (χ1v) is 5.91. The van der Waals surface area contributed by atoms with E-state index in [1.54, 1.807) is 10.8 Å². The van der Waals surface area contributed by atoms with Crippen LogP contribution in [0.25, 0.3) is 0 Å². The van der Waals surface area contributed by atoms with Crippen molar-refractivity contribution in [1.82, 2.24) is 4.57 Å². The molecule has 3 rings (SSSR count). The molecule has 1 aromatic heterocycles. The summed E-state index contributed by atoms with van der Waals surface area (Å²) in [6.07, 6.45) is 5.46. The molecule has 1 aliphatic rings. The minimum absolute atomic E-state index is 0.154. The van der Waals surface area contributed by atoms with Crippen LogP contribution in [-0.2, 0) is 12.0 Å². The van der Waals surface area contributed by atoms with Crippen molar-refractivity contribution in [1.29, 1.82) is 0 Å². The maximum atomic E-state index is 11.4. The van der Waals surface area contributed by atoms with E-state index in [2.05, 4.69) is 31.2 Å². The van der Waals surface area contributed by atoms with Crippen LogP contribution >= 0.6 is 0 Å². The number of hydrogen-bond donors (Lipinski definition) is 0. The summed E-state index contributed by atoms with van der Waals surface area (Å²) in [7, 11) is 0. The Bertz CT molecular complexity index is 573. The van der Waals surface area contributed by atoms with Gasteiger partial charge in [0.1, 0.15) is 6.26 Å². The van der Waals surface area contributed by atoms with Gasteiger partial charge in [0.2, 0.25) is 0 Å². The zero-order valence-corrected chi connectivity index (χ0v) is 9.85. The van der Waals surface area contributed by atoms with Gasteiger partial charge in [-0.3, -0.25) is 4.57 Å². The van der Waals surface area contributed by atoms with Gasteiger partial charge in [-0.05, 0) is 25.3 Å². The van der Waals surface area contributed by atoms with E-state index < -0.39 is 0 Å². The number of rotatable bonds is 3. The Morgan fingerprint density at radius 3 is 2.53 bits per heavy atom. The molecule has 1 aliphatic carbocycles. The van der Waals surface area contributed by atoms with Crippen molar-refractivity contribution >= 4 is 0 Å². The van der Waals surface area contributed by atoms with Gasteiger partial charge >= 0.3 is 5.76 Å². The smallest absolute Gasteiger partial charge is 0.416 e. The normalized spacial score (nSPS) is 17.0. The number of oxazole rings is 1. The summed E-state index contributed by atoms with van der Waals surface area (Å²) in [5.74, 6) is -0.261. The number of hydrogen-bond acceptors (Lipinski definition) is 2. The van der Waals surface area contributed by atoms with E-state index in [-0.39, 0.29) is 11.2 Å². The van der Waals surface area contributed by atoms with Crippen molar-refractivity contribution in [3.05, 3.63) is 58.4 Å². The predicted molar refractivity (Wildman–Crippen MR) is 65.1 cm³/mol. The second-order valence-corrected chi connectivity index (χ2v) is 4.94. The maximum Gasteiger partial charge on any atom is 0.418 e. The fraction of sp³-hybridized carbons (Fsp3) is 0.357. The molecule has 0 spiro atoms. The summed E-state index contributed by atoms with van der Waals surface area (Å²) >= 11 is 0. The molecule has 0 amide bonds. The van der Waals surface area contributed by atoms with E-state index in [1.807, 2.05) is 0 Å². The largest absolute Gasteiger partial charge is 0.418 e. The van der Waals surface area contributed by atoms with Gasteiger partial charge < -0.3 is 4.42 Å². The molecule has 0 radical (unpaired) electrons. The monoisotopic (exact) mass is 229 g/mol. The zero-order valence-electron chi connectivity index (χ0n) is 9.85. The van der Waals surface area contributed by atoms with Crippen molar-refractivity contribution in [3.8, 4) is 0 Å². The number of benzene rings is 1. The summed E-state index contributed by atoms with van der Waals surface area (Å²) < 4.78 is 6.46. The van der Waals surface area contributed by atoms with Gasteiger partial charge in [-0.1, -0.05) is 29.8 Å². The quantitative estimate of drug-likeness (QED) is 0.810. The number of aromatic nitrogens is 1. The lowest BCUT2D eigenvalue weighted by molar-refractivity contribution is 0.450. The average molecular weight is 229 g/mol. The minimum atomic E-state index is -0.261. The summed E-state index contributed by atoms with van der Waals surface area (Å²) in [5.41, 5.74) is 2.75. The molecule has 0 aliphatic heterocycles. The van der Waals surface area contributed by atoms with E-state index in [1.165, 1.54) is 17.4 Å². The molecule has 0 saturated heterocycles. The van der Waals surface area contributed by atoms with Crippen LogP contribution in [0, 0.1) is 6.92 Å². The van der Waals surface area contributed by atoms with E-state index in [0.29, 0.717) is 0 Å². The highest BCUT2D eigenvalue weighted by Crippen LogP contribution is 2.49. The van der Waals surface area contributed by atoms with Gasteiger partial charge in [0, 0.05) is 18.2 Å². The molecular weight excluding hydrogens is 214 g/mol. The van der Waals surface area contributed by atoms with Crippen LogP contribution < -0.4 is 5.76 Å². The molecule has 3 heteroatoms. The summed E-state index contributed by atoms with van der Waals surface area (Å²) in [4.78, 5) is 11.4. The Hall–Kier alpha value is -1.77. The Morgan fingerprint density at radius 1 is 1.29 bits per heavy atom. The second kappa shape index (κ2) is 3.62. The highest BCUT2D eigenvalue weighted by atomic mass is 16.4. The van der Waals surface area contributed by atoms with Gasteiger partial charge in [-0.25, -0.2) is 4.79 Å². The Kier molecular flexibility index (Phi) is 2.21. The third-order valence-corrected chi connectivity index (χ3v) is 3.63.